The van der Waals surface area contributed by atoms with Crippen LogP contribution in [0.1, 0.15) is 5.56 Å². The first kappa shape index (κ1) is 15.5. The highest BCUT2D eigenvalue weighted by molar-refractivity contribution is 8.15. The lowest BCUT2D eigenvalue weighted by atomic mass is 10.2. The van der Waals surface area contributed by atoms with Crippen molar-refractivity contribution in [2.45, 2.75) is 4.90 Å². The second kappa shape index (κ2) is 6.27. The summed E-state index contributed by atoms with van der Waals surface area (Å²) in [7, 11) is -1.96. The number of hydrogen-bond donors (Lipinski definition) is 1. The predicted octanol–water partition coefficient (Wildman–Crippen LogP) is 0.652. The average Bonchev–Trinajstić information content (AvgIpc) is 2.83. The first-order valence-electron chi connectivity index (χ1n) is 5.82. The van der Waals surface area contributed by atoms with Gasteiger partial charge in [0.05, 0.1) is 24.0 Å². The van der Waals surface area contributed by atoms with Gasteiger partial charge in [-0.3, -0.25) is 4.79 Å². The molecule has 0 saturated carbocycles. The third-order valence-corrected chi connectivity index (χ3v) is 4.57. The van der Waals surface area contributed by atoms with Crippen LogP contribution in [0, 0.1) is 0 Å². The Morgan fingerprint density at radius 1 is 1.43 bits per heavy atom. The molecule has 1 aliphatic heterocycles. The van der Waals surface area contributed by atoms with Crippen molar-refractivity contribution in [3.63, 3.8) is 0 Å². The topological polar surface area (TPSA) is 97.2 Å². The Labute approximate surface area is 126 Å². The van der Waals surface area contributed by atoms with Gasteiger partial charge >= 0.3 is 0 Å². The molecule has 0 spiro atoms. The summed E-state index contributed by atoms with van der Waals surface area (Å²) in [5.74, 6) is 0.624. The van der Waals surface area contributed by atoms with Crippen LogP contribution in [0.3, 0.4) is 0 Å². The summed E-state index contributed by atoms with van der Waals surface area (Å²) in [4.78, 5) is 11.1. The molecule has 0 radical (unpaired) electrons. The minimum Gasteiger partial charge on any atom is -0.497 e. The maximum absolute atomic E-state index is 11.8. The summed E-state index contributed by atoms with van der Waals surface area (Å²) < 4.78 is 28.6. The molecule has 0 bridgehead atoms. The number of nitrogens with zero attached hydrogens (tertiary/aromatic N) is 2. The SMILES string of the molecule is COc1ccc(C=NN=C2NC(=O)CS2)c(S(C)(=O)=O)c1. The number of ether oxygens (including phenoxy) is 1. The van der Waals surface area contributed by atoms with Crippen LogP contribution in [0.25, 0.3) is 0 Å². The lowest BCUT2D eigenvalue weighted by Crippen LogP contribution is -2.19. The third-order valence-electron chi connectivity index (χ3n) is 2.55. The summed E-state index contributed by atoms with van der Waals surface area (Å²) in [6.07, 6.45) is 2.44. The summed E-state index contributed by atoms with van der Waals surface area (Å²) >= 11 is 1.24. The number of carbonyl (C=O) groups is 1. The van der Waals surface area contributed by atoms with E-state index in [1.54, 1.807) is 12.1 Å². The van der Waals surface area contributed by atoms with Gasteiger partial charge in [-0.2, -0.15) is 5.10 Å². The van der Waals surface area contributed by atoms with E-state index >= 15 is 0 Å². The Morgan fingerprint density at radius 2 is 2.19 bits per heavy atom. The maximum Gasteiger partial charge on any atom is 0.236 e. The number of amides is 1. The highest BCUT2D eigenvalue weighted by Crippen LogP contribution is 2.21. The van der Waals surface area contributed by atoms with Crippen molar-refractivity contribution in [2.24, 2.45) is 10.2 Å². The molecule has 112 valence electrons. The minimum absolute atomic E-state index is 0.105. The fourth-order valence-corrected chi connectivity index (χ4v) is 3.10. The van der Waals surface area contributed by atoms with Crippen molar-refractivity contribution in [1.82, 2.24) is 5.32 Å². The van der Waals surface area contributed by atoms with Gasteiger partial charge in [0.2, 0.25) is 5.91 Å². The monoisotopic (exact) mass is 327 g/mol. The number of thioether (sulfide) groups is 1. The molecule has 21 heavy (non-hydrogen) atoms. The summed E-state index contributed by atoms with van der Waals surface area (Å²) in [6.45, 7) is 0. The quantitative estimate of drug-likeness (QED) is 0.647. The molecular weight excluding hydrogens is 314 g/mol. The van der Waals surface area contributed by atoms with Gasteiger partial charge in [0.1, 0.15) is 5.75 Å². The minimum atomic E-state index is -3.42. The molecule has 0 unspecified atom stereocenters. The molecule has 1 aromatic rings. The zero-order chi connectivity index (χ0) is 15.5. The fourth-order valence-electron chi connectivity index (χ4n) is 1.59. The van der Waals surface area contributed by atoms with Crippen molar-refractivity contribution in [3.8, 4) is 5.75 Å². The van der Waals surface area contributed by atoms with E-state index < -0.39 is 9.84 Å². The third kappa shape index (κ3) is 4.05. The van der Waals surface area contributed by atoms with Crippen LogP contribution in [0.5, 0.6) is 5.75 Å². The molecule has 1 aromatic carbocycles. The molecule has 1 saturated heterocycles. The molecule has 0 atom stereocenters. The van der Waals surface area contributed by atoms with Crippen molar-refractivity contribution in [3.05, 3.63) is 23.8 Å². The summed E-state index contributed by atoms with van der Waals surface area (Å²) in [5.41, 5.74) is 0.400. The number of sulfone groups is 1. The molecule has 1 amide bonds. The number of carbonyl (C=O) groups excluding carboxylic acids is 1. The highest BCUT2D eigenvalue weighted by atomic mass is 32.2. The second-order valence-corrected chi connectivity index (χ2v) is 7.11. The number of rotatable bonds is 4. The zero-order valence-electron chi connectivity index (χ0n) is 11.4. The lowest BCUT2D eigenvalue weighted by molar-refractivity contribution is -0.116. The molecule has 0 aromatic heterocycles. The molecule has 0 aliphatic carbocycles. The fraction of sp³-hybridized carbons (Fsp3) is 0.250. The Morgan fingerprint density at radius 3 is 2.76 bits per heavy atom. The van der Waals surface area contributed by atoms with Gasteiger partial charge in [0.15, 0.2) is 15.0 Å². The summed E-state index contributed by atoms with van der Waals surface area (Å²) in [5, 5.41) is 10.6. The molecule has 1 N–H and O–H groups in total. The van der Waals surface area contributed by atoms with Crippen molar-refractivity contribution in [2.75, 3.05) is 19.1 Å². The van der Waals surface area contributed by atoms with Gasteiger partial charge in [-0.1, -0.05) is 11.8 Å². The Hall–Kier alpha value is -1.87. The van der Waals surface area contributed by atoms with Crippen LogP contribution in [0.4, 0.5) is 0 Å². The van der Waals surface area contributed by atoms with Crippen LogP contribution in [0.2, 0.25) is 0 Å². The Balaban J connectivity index is 2.29. The predicted molar refractivity (Wildman–Crippen MR) is 81.7 cm³/mol. The average molecular weight is 327 g/mol. The maximum atomic E-state index is 11.8. The molecule has 1 heterocycles. The van der Waals surface area contributed by atoms with Gasteiger partial charge in [0, 0.05) is 11.8 Å². The number of hydrogen-bond acceptors (Lipinski definition) is 7. The molecule has 2 rings (SSSR count). The normalized spacial score (nSPS) is 17.4. The van der Waals surface area contributed by atoms with Crippen molar-refractivity contribution >= 4 is 38.9 Å². The Kier molecular flexibility index (Phi) is 4.63. The van der Waals surface area contributed by atoms with E-state index in [1.807, 2.05) is 0 Å². The van der Waals surface area contributed by atoms with Crippen molar-refractivity contribution < 1.29 is 17.9 Å². The van der Waals surface area contributed by atoms with Crippen LogP contribution in [-0.2, 0) is 14.6 Å². The molecule has 1 aliphatic rings. The van der Waals surface area contributed by atoms with E-state index in [1.165, 1.54) is 31.2 Å². The van der Waals surface area contributed by atoms with Crippen LogP contribution < -0.4 is 10.1 Å². The van der Waals surface area contributed by atoms with E-state index in [-0.39, 0.29) is 10.8 Å². The smallest absolute Gasteiger partial charge is 0.236 e. The van der Waals surface area contributed by atoms with E-state index in [0.29, 0.717) is 22.2 Å². The largest absolute Gasteiger partial charge is 0.497 e. The van der Waals surface area contributed by atoms with Gasteiger partial charge in [-0.05, 0) is 18.2 Å². The van der Waals surface area contributed by atoms with E-state index in [2.05, 4.69) is 15.5 Å². The number of amidine groups is 1. The van der Waals surface area contributed by atoms with Gasteiger partial charge in [-0.15, -0.1) is 5.10 Å². The standard InChI is InChI=1S/C12H13N3O4S2/c1-19-9-4-3-8(10(5-9)21(2,17)18)6-13-15-12-14-11(16)7-20-12/h3-6H,7H2,1-2H3,(H,14,15,16). The molecule has 9 heteroatoms. The number of nitrogens with one attached hydrogen (secondary N) is 1. The van der Waals surface area contributed by atoms with Crippen LogP contribution in [0.15, 0.2) is 33.3 Å². The van der Waals surface area contributed by atoms with Crippen LogP contribution in [-0.4, -0.2) is 44.8 Å². The molecule has 1 fully saturated rings. The first-order valence-corrected chi connectivity index (χ1v) is 8.69. The van der Waals surface area contributed by atoms with Gasteiger partial charge in [-0.25, -0.2) is 8.42 Å². The van der Waals surface area contributed by atoms with E-state index in [4.69, 9.17) is 4.74 Å². The van der Waals surface area contributed by atoms with Gasteiger partial charge < -0.3 is 10.1 Å². The number of benzene rings is 1. The highest BCUT2D eigenvalue weighted by Gasteiger charge is 2.16. The van der Waals surface area contributed by atoms with Crippen LogP contribution >= 0.6 is 11.8 Å². The van der Waals surface area contributed by atoms with E-state index in [0.717, 1.165) is 6.26 Å². The number of methoxy groups -OCH3 is 1. The molecule has 7 nitrogen and oxygen atoms in total. The lowest BCUT2D eigenvalue weighted by Gasteiger charge is -2.06. The molecular formula is C12H13N3O4S2. The zero-order valence-corrected chi connectivity index (χ0v) is 13.0. The Bertz CT molecular complexity index is 726. The first-order chi connectivity index (χ1) is 9.90. The van der Waals surface area contributed by atoms with E-state index in [9.17, 15) is 13.2 Å². The second-order valence-electron chi connectivity index (χ2n) is 4.16. The summed E-state index contributed by atoms with van der Waals surface area (Å²) in [6, 6.07) is 4.64. The van der Waals surface area contributed by atoms with Gasteiger partial charge in [0.25, 0.3) is 0 Å². The van der Waals surface area contributed by atoms with Crippen molar-refractivity contribution in [1.29, 1.82) is 0 Å².